The van der Waals surface area contributed by atoms with Crippen LogP contribution in [-0.4, -0.2) is 26.0 Å². The number of nitrogens with two attached hydrogens (primary N) is 1. The minimum absolute atomic E-state index is 0.156. The molecule has 0 radical (unpaired) electrons. The van der Waals surface area contributed by atoms with E-state index in [0.717, 1.165) is 17.4 Å². The van der Waals surface area contributed by atoms with Gasteiger partial charge in [0.15, 0.2) is 0 Å². The zero-order chi connectivity index (χ0) is 13.9. The van der Waals surface area contributed by atoms with Gasteiger partial charge in [0, 0.05) is 17.0 Å². The van der Waals surface area contributed by atoms with Gasteiger partial charge in [0.1, 0.15) is 0 Å². The topological polar surface area (TPSA) is 72.2 Å². The number of thioether (sulfide) groups is 1. The number of nitrogens with one attached hydrogen (secondary N) is 1. The van der Waals surface area contributed by atoms with Gasteiger partial charge >= 0.3 is 0 Å². The van der Waals surface area contributed by atoms with Crippen molar-refractivity contribution in [2.24, 2.45) is 5.14 Å². The second-order valence-electron chi connectivity index (χ2n) is 4.93. The van der Waals surface area contributed by atoms with E-state index in [-0.39, 0.29) is 4.90 Å². The molecule has 2 atom stereocenters. The monoisotopic (exact) mass is 300 g/mol. The minimum Gasteiger partial charge on any atom is -0.382 e. The van der Waals surface area contributed by atoms with Gasteiger partial charge in [0.25, 0.3) is 0 Å². The molecule has 1 fully saturated rings. The van der Waals surface area contributed by atoms with Crippen molar-refractivity contribution in [3.8, 4) is 0 Å². The molecule has 0 bridgehead atoms. The molecule has 1 aliphatic carbocycles. The molecule has 0 saturated heterocycles. The highest BCUT2D eigenvalue weighted by molar-refractivity contribution is 7.99. The highest BCUT2D eigenvalue weighted by Gasteiger charge is 2.21. The molecule has 4 nitrogen and oxygen atoms in total. The van der Waals surface area contributed by atoms with Crippen LogP contribution in [0.5, 0.6) is 0 Å². The number of sulfonamides is 1. The summed E-state index contributed by atoms with van der Waals surface area (Å²) in [5.41, 5.74) is 0.958. The van der Waals surface area contributed by atoms with E-state index in [0.29, 0.717) is 6.04 Å². The molecular weight excluding hydrogens is 280 g/mol. The first kappa shape index (κ1) is 14.7. The van der Waals surface area contributed by atoms with E-state index < -0.39 is 10.0 Å². The first-order valence-electron chi connectivity index (χ1n) is 6.41. The molecule has 0 amide bonds. The predicted molar refractivity (Wildman–Crippen MR) is 81.0 cm³/mol. The number of hydrogen-bond donors (Lipinski definition) is 2. The molecule has 0 aromatic heterocycles. The van der Waals surface area contributed by atoms with Crippen LogP contribution in [0.2, 0.25) is 0 Å². The van der Waals surface area contributed by atoms with E-state index in [4.69, 9.17) is 5.14 Å². The van der Waals surface area contributed by atoms with E-state index in [1.54, 1.807) is 24.3 Å². The summed E-state index contributed by atoms with van der Waals surface area (Å²) in [5, 5.41) is 9.28. The Balaban J connectivity index is 2.00. The SMILES string of the molecule is CSC1CCCC(Nc2ccc(S(N)(=O)=O)cc2)C1. The lowest BCUT2D eigenvalue weighted by molar-refractivity contribution is 0.473. The summed E-state index contributed by atoms with van der Waals surface area (Å²) < 4.78 is 22.3. The summed E-state index contributed by atoms with van der Waals surface area (Å²) in [6.45, 7) is 0. The summed E-state index contributed by atoms with van der Waals surface area (Å²) in [7, 11) is -3.60. The molecule has 1 aliphatic rings. The molecule has 1 aromatic rings. The summed E-state index contributed by atoms with van der Waals surface area (Å²) in [6.07, 6.45) is 7.04. The Hall–Kier alpha value is -0.720. The fourth-order valence-electron chi connectivity index (χ4n) is 2.47. The minimum atomic E-state index is -3.60. The lowest BCUT2D eigenvalue weighted by atomic mass is 9.95. The van der Waals surface area contributed by atoms with Gasteiger partial charge in [-0.05, 0) is 49.8 Å². The van der Waals surface area contributed by atoms with E-state index in [1.165, 1.54) is 19.3 Å². The van der Waals surface area contributed by atoms with Crippen LogP contribution >= 0.6 is 11.8 Å². The van der Waals surface area contributed by atoms with Crippen molar-refractivity contribution < 1.29 is 8.42 Å². The number of hydrogen-bond acceptors (Lipinski definition) is 4. The Morgan fingerprint density at radius 3 is 2.53 bits per heavy atom. The zero-order valence-electron chi connectivity index (χ0n) is 11.0. The van der Waals surface area contributed by atoms with Crippen molar-refractivity contribution in [3.63, 3.8) is 0 Å². The normalized spacial score (nSPS) is 24.1. The van der Waals surface area contributed by atoms with Crippen LogP contribution < -0.4 is 10.5 Å². The highest BCUT2D eigenvalue weighted by atomic mass is 32.2. The van der Waals surface area contributed by atoms with Crippen LogP contribution in [0.4, 0.5) is 5.69 Å². The van der Waals surface area contributed by atoms with Crippen LogP contribution in [0, 0.1) is 0 Å². The molecule has 0 aliphatic heterocycles. The van der Waals surface area contributed by atoms with Crippen molar-refractivity contribution in [2.75, 3.05) is 11.6 Å². The Kier molecular flexibility index (Phi) is 4.76. The van der Waals surface area contributed by atoms with Crippen molar-refractivity contribution in [3.05, 3.63) is 24.3 Å². The van der Waals surface area contributed by atoms with Gasteiger partial charge in [-0.3, -0.25) is 0 Å². The lowest BCUT2D eigenvalue weighted by Crippen LogP contribution is -2.28. The molecule has 0 heterocycles. The van der Waals surface area contributed by atoms with Gasteiger partial charge in [-0.1, -0.05) is 6.42 Å². The van der Waals surface area contributed by atoms with Crippen molar-refractivity contribution in [2.45, 2.75) is 41.9 Å². The maximum absolute atomic E-state index is 11.2. The Bertz CT molecular complexity index is 514. The van der Waals surface area contributed by atoms with Crippen LogP contribution in [0.3, 0.4) is 0 Å². The molecular formula is C13H20N2O2S2. The second kappa shape index (κ2) is 6.15. The maximum Gasteiger partial charge on any atom is 0.238 e. The average Bonchev–Trinajstić information content (AvgIpc) is 2.38. The summed E-state index contributed by atoms with van der Waals surface area (Å²) >= 11 is 1.93. The Morgan fingerprint density at radius 2 is 1.95 bits per heavy atom. The summed E-state index contributed by atoms with van der Waals surface area (Å²) in [5.74, 6) is 0. The molecule has 3 N–H and O–H groups in total. The molecule has 1 saturated carbocycles. The summed E-state index contributed by atoms with van der Waals surface area (Å²) in [6, 6.07) is 7.14. The molecule has 1 aromatic carbocycles. The van der Waals surface area contributed by atoms with Crippen molar-refractivity contribution in [1.82, 2.24) is 0 Å². The predicted octanol–water partition coefficient (Wildman–Crippen LogP) is 2.42. The number of anilines is 1. The van der Waals surface area contributed by atoms with Crippen molar-refractivity contribution >= 4 is 27.5 Å². The van der Waals surface area contributed by atoms with Gasteiger partial charge < -0.3 is 5.32 Å². The van der Waals surface area contributed by atoms with Crippen LogP contribution in [0.25, 0.3) is 0 Å². The van der Waals surface area contributed by atoms with Crippen molar-refractivity contribution in [1.29, 1.82) is 0 Å². The van der Waals surface area contributed by atoms with Crippen LogP contribution in [-0.2, 0) is 10.0 Å². The van der Waals surface area contributed by atoms with Crippen LogP contribution in [0.15, 0.2) is 29.2 Å². The molecule has 19 heavy (non-hydrogen) atoms. The third-order valence-corrected chi connectivity index (χ3v) is 5.54. The highest BCUT2D eigenvalue weighted by Crippen LogP contribution is 2.29. The standard InChI is InChI=1S/C13H20N2O2S2/c1-18-12-4-2-3-11(9-12)15-10-5-7-13(8-6-10)19(14,16)17/h5-8,11-12,15H,2-4,9H2,1H3,(H2,14,16,17). The maximum atomic E-state index is 11.2. The number of rotatable bonds is 4. The average molecular weight is 300 g/mol. The first-order valence-corrected chi connectivity index (χ1v) is 9.24. The smallest absolute Gasteiger partial charge is 0.238 e. The molecule has 106 valence electrons. The Morgan fingerprint density at radius 1 is 1.26 bits per heavy atom. The van der Waals surface area contributed by atoms with E-state index in [1.807, 2.05) is 11.8 Å². The quantitative estimate of drug-likeness (QED) is 0.895. The number of primary sulfonamides is 1. The largest absolute Gasteiger partial charge is 0.382 e. The van der Waals surface area contributed by atoms with Crippen LogP contribution in [0.1, 0.15) is 25.7 Å². The first-order chi connectivity index (χ1) is 8.99. The fourth-order valence-corrected chi connectivity index (χ4v) is 3.81. The van der Waals surface area contributed by atoms with E-state index >= 15 is 0 Å². The summed E-state index contributed by atoms with van der Waals surface area (Å²) in [4.78, 5) is 0.156. The van der Waals surface area contributed by atoms with E-state index in [2.05, 4.69) is 11.6 Å². The zero-order valence-corrected chi connectivity index (χ0v) is 12.6. The molecule has 6 heteroatoms. The second-order valence-corrected chi connectivity index (χ2v) is 7.63. The fraction of sp³-hybridized carbons (Fsp3) is 0.538. The molecule has 0 spiro atoms. The third kappa shape index (κ3) is 4.12. The van der Waals surface area contributed by atoms with Gasteiger partial charge in [-0.25, -0.2) is 13.6 Å². The van der Waals surface area contributed by atoms with Gasteiger partial charge in [0.05, 0.1) is 4.90 Å². The van der Waals surface area contributed by atoms with Gasteiger partial charge in [-0.2, -0.15) is 11.8 Å². The van der Waals surface area contributed by atoms with Gasteiger partial charge in [-0.15, -0.1) is 0 Å². The lowest BCUT2D eigenvalue weighted by Gasteiger charge is -2.29. The van der Waals surface area contributed by atoms with E-state index in [9.17, 15) is 8.42 Å². The molecule has 2 unspecified atom stereocenters. The van der Waals surface area contributed by atoms with Gasteiger partial charge in [0.2, 0.25) is 10.0 Å². The Labute approximate surface area is 119 Å². The third-order valence-electron chi connectivity index (χ3n) is 3.51. The number of benzene rings is 1. The molecule has 2 rings (SSSR count).